The number of hydrogen-bond acceptors (Lipinski definition) is 4. The van der Waals surface area contributed by atoms with Gasteiger partial charge in [-0.1, -0.05) is 27.5 Å². The number of ether oxygens (including phenoxy) is 1. The van der Waals surface area contributed by atoms with Gasteiger partial charge < -0.3 is 10.1 Å². The van der Waals surface area contributed by atoms with Gasteiger partial charge in [-0.05, 0) is 18.2 Å². The fraction of sp³-hybridized carbons (Fsp3) is 0.0769. The fourth-order valence-corrected chi connectivity index (χ4v) is 2.47. The molecule has 0 amide bonds. The lowest BCUT2D eigenvalue weighted by Crippen LogP contribution is -1.99. The van der Waals surface area contributed by atoms with Crippen LogP contribution in [0.15, 0.2) is 41.3 Å². The molecule has 0 aliphatic rings. The topological polar surface area (TPSA) is 51.5 Å². The van der Waals surface area contributed by atoms with E-state index in [1.807, 2.05) is 22.9 Å². The van der Waals surface area contributed by atoms with E-state index in [-0.39, 0.29) is 0 Å². The van der Waals surface area contributed by atoms with Gasteiger partial charge in [-0.3, -0.25) is 4.40 Å². The van der Waals surface area contributed by atoms with Crippen molar-refractivity contribution in [3.8, 4) is 11.6 Å². The Hall–Kier alpha value is -1.79. The third kappa shape index (κ3) is 2.44. The Labute approximate surface area is 128 Å². The summed E-state index contributed by atoms with van der Waals surface area (Å²) in [7, 11) is 1.79. The van der Waals surface area contributed by atoms with Gasteiger partial charge in [0.2, 0.25) is 5.65 Å². The molecule has 2 heterocycles. The number of nitrogens with zero attached hydrogens (tertiary/aromatic N) is 3. The largest absolute Gasteiger partial charge is 0.434 e. The van der Waals surface area contributed by atoms with Crippen LogP contribution in [0.1, 0.15) is 0 Å². The molecule has 0 saturated carbocycles. The summed E-state index contributed by atoms with van der Waals surface area (Å²) in [5.74, 6) is 1.60. The Balaban J connectivity index is 2.07. The first kappa shape index (κ1) is 13.2. The van der Waals surface area contributed by atoms with Gasteiger partial charge in [0.05, 0.1) is 11.2 Å². The van der Waals surface area contributed by atoms with Crippen LogP contribution in [0.4, 0.5) is 5.82 Å². The maximum atomic E-state index is 6.15. The van der Waals surface area contributed by atoms with Crippen LogP contribution in [0.3, 0.4) is 0 Å². The second-order valence-corrected chi connectivity index (χ2v) is 5.34. The van der Waals surface area contributed by atoms with E-state index in [1.165, 1.54) is 0 Å². The number of halogens is 2. The number of rotatable bonds is 3. The molecule has 20 heavy (non-hydrogen) atoms. The minimum Gasteiger partial charge on any atom is -0.434 e. The van der Waals surface area contributed by atoms with E-state index < -0.39 is 0 Å². The molecule has 1 aromatic carbocycles. The summed E-state index contributed by atoms with van der Waals surface area (Å²) in [6.45, 7) is 0. The average Bonchev–Trinajstić information content (AvgIpc) is 2.90. The van der Waals surface area contributed by atoms with E-state index in [0.29, 0.717) is 28.1 Å². The Morgan fingerprint density at radius 2 is 2.25 bits per heavy atom. The van der Waals surface area contributed by atoms with Crippen LogP contribution in [-0.4, -0.2) is 21.4 Å². The number of hydrogen-bond donors (Lipinski definition) is 1. The lowest BCUT2D eigenvalue weighted by Gasteiger charge is -2.09. The van der Waals surface area contributed by atoms with Crippen molar-refractivity contribution in [3.63, 3.8) is 0 Å². The Morgan fingerprint density at radius 3 is 3.00 bits per heavy atom. The van der Waals surface area contributed by atoms with Crippen molar-refractivity contribution in [2.75, 3.05) is 12.4 Å². The number of anilines is 1. The highest BCUT2D eigenvalue weighted by molar-refractivity contribution is 9.10. The van der Waals surface area contributed by atoms with E-state index in [9.17, 15) is 0 Å². The van der Waals surface area contributed by atoms with Crippen molar-refractivity contribution in [3.05, 3.63) is 46.3 Å². The van der Waals surface area contributed by atoms with E-state index in [2.05, 4.69) is 31.2 Å². The number of benzene rings is 1. The van der Waals surface area contributed by atoms with Crippen molar-refractivity contribution in [1.82, 2.24) is 14.4 Å². The monoisotopic (exact) mass is 352 g/mol. The smallest absolute Gasteiger partial charge is 0.265 e. The quantitative estimate of drug-likeness (QED) is 0.774. The highest BCUT2D eigenvalue weighted by atomic mass is 79.9. The van der Waals surface area contributed by atoms with Crippen LogP contribution in [-0.2, 0) is 0 Å². The minimum absolute atomic E-state index is 0.395. The van der Waals surface area contributed by atoms with Crippen LogP contribution < -0.4 is 10.1 Å². The molecule has 0 aliphatic heterocycles. The van der Waals surface area contributed by atoms with Gasteiger partial charge in [0.1, 0.15) is 11.6 Å². The molecule has 7 heteroatoms. The van der Waals surface area contributed by atoms with Gasteiger partial charge in [-0.15, -0.1) is 0 Å². The van der Waals surface area contributed by atoms with Gasteiger partial charge in [0.15, 0.2) is 0 Å². The van der Waals surface area contributed by atoms with Gasteiger partial charge >= 0.3 is 0 Å². The van der Waals surface area contributed by atoms with Gasteiger partial charge in [-0.25, -0.2) is 4.98 Å². The van der Waals surface area contributed by atoms with Crippen molar-refractivity contribution in [1.29, 1.82) is 0 Å². The molecule has 0 radical (unpaired) electrons. The van der Waals surface area contributed by atoms with Gasteiger partial charge in [-0.2, -0.15) is 4.98 Å². The third-order valence-electron chi connectivity index (χ3n) is 2.70. The molecule has 5 nitrogen and oxygen atoms in total. The summed E-state index contributed by atoms with van der Waals surface area (Å²) in [5.41, 5.74) is 0.628. The van der Waals surface area contributed by atoms with Crippen LogP contribution in [0.2, 0.25) is 5.02 Å². The summed E-state index contributed by atoms with van der Waals surface area (Å²) in [5, 5.41) is 3.48. The summed E-state index contributed by atoms with van der Waals surface area (Å²) in [6, 6.07) is 5.40. The first-order valence-electron chi connectivity index (χ1n) is 5.82. The van der Waals surface area contributed by atoms with E-state index in [4.69, 9.17) is 16.3 Å². The molecule has 102 valence electrons. The van der Waals surface area contributed by atoms with E-state index in [1.54, 1.807) is 25.4 Å². The molecule has 0 aliphatic carbocycles. The summed E-state index contributed by atoms with van der Waals surface area (Å²) in [4.78, 5) is 8.60. The van der Waals surface area contributed by atoms with Crippen molar-refractivity contribution < 1.29 is 4.74 Å². The Morgan fingerprint density at radius 1 is 1.40 bits per heavy atom. The maximum absolute atomic E-state index is 6.15. The standard InChI is InChI=1S/C13H10BrClN4O/c1-16-11-7-19-5-4-17-12(19)13(18-11)20-10-3-2-8(14)6-9(10)15/h2-7,16H,1H3. The van der Waals surface area contributed by atoms with Crippen molar-refractivity contribution >= 4 is 39.0 Å². The zero-order valence-corrected chi connectivity index (χ0v) is 12.8. The lowest BCUT2D eigenvalue weighted by molar-refractivity contribution is 0.466. The van der Waals surface area contributed by atoms with Crippen molar-refractivity contribution in [2.45, 2.75) is 0 Å². The SMILES string of the molecule is CNc1cn2ccnc2c(Oc2ccc(Br)cc2Cl)n1. The van der Waals surface area contributed by atoms with Crippen LogP contribution in [0.5, 0.6) is 11.6 Å². The molecule has 0 spiro atoms. The molecule has 1 N–H and O–H groups in total. The highest BCUT2D eigenvalue weighted by Gasteiger charge is 2.11. The zero-order valence-electron chi connectivity index (χ0n) is 10.5. The van der Waals surface area contributed by atoms with E-state index >= 15 is 0 Å². The van der Waals surface area contributed by atoms with Gasteiger partial charge in [0.25, 0.3) is 5.88 Å². The molecule has 3 aromatic rings. The first-order valence-corrected chi connectivity index (χ1v) is 6.99. The fourth-order valence-electron chi connectivity index (χ4n) is 1.75. The normalized spacial score (nSPS) is 10.8. The molecule has 0 fully saturated rings. The maximum Gasteiger partial charge on any atom is 0.265 e. The summed E-state index contributed by atoms with van der Waals surface area (Å²) in [6.07, 6.45) is 5.35. The average molecular weight is 354 g/mol. The number of nitrogens with one attached hydrogen (secondary N) is 1. The molecular formula is C13H10BrClN4O. The van der Waals surface area contributed by atoms with Crippen LogP contribution in [0.25, 0.3) is 5.65 Å². The highest BCUT2D eigenvalue weighted by Crippen LogP contribution is 2.32. The molecule has 0 atom stereocenters. The third-order valence-corrected chi connectivity index (χ3v) is 3.49. The second kappa shape index (κ2) is 5.30. The molecule has 0 saturated heterocycles. The second-order valence-electron chi connectivity index (χ2n) is 4.02. The number of aromatic nitrogens is 3. The number of fused-ring (bicyclic) bond motifs is 1. The summed E-state index contributed by atoms with van der Waals surface area (Å²) < 4.78 is 8.51. The predicted molar refractivity (Wildman–Crippen MR) is 81.8 cm³/mol. The molecule has 0 bridgehead atoms. The first-order chi connectivity index (χ1) is 9.67. The van der Waals surface area contributed by atoms with Crippen LogP contribution >= 0.6 is 27.5 Å². The lowest BCUT2D eigenvalue weighted by atomic mass is 10.3. The van der Waals surface area contributed by atoms with Crippen molar-refractivity contribution in [2.24, 2.45) is 0 Å². The molecule has 3 rings (SSSR count). The number of imidazole rings is 1. The van der Waals surface area contributed by atoms with E-state index in [0.717, 1.165) is 4.47 Å². The van der Waals surface area contributed by atoms with Gasteiger partial charge in [0, 0.05) is 23.9 Å². The zero-order chi connectivity index (χ0) is 14.1. The molecular weight excluding hydrogens is 344 g/mol. The van der Waals surface area contributed by atoms with Crippen LogP contribution in [0, 0.1) is 0 Å². The predicted octanol–water partition coefficient (Wildman–Crippen LogP) is 3.98. The Bertz CT molecular complexity index is 774. The Kier molecular flexibility index (Phi) is 3.50. The molecule has 2 aromatic heterocycles. The summed E-state index contributed by atoms with van der Waals surface area (Å²) >= 11 is 9.51. The molecule has 0 unspecified atom stereocenters. The minimum atomic E-state index is 0.395.